The van der Waals surface area contributed by atoms with E-state index in [1.54, 1.807) is 0 Å². The fourth-order valence-corrected chi connectivity index (χ4v) is 5.75. The number of aliphatic hydroxyl groups is 1. The topological polar surface area (TPSA) is 70.4 Å². The number of aromatic nitrogens is 2. The van der Waals surface area contributed by atoms with Crippen molar-refractivity contribution in [2.45, 2.75) is 70.1 Å². The van der Waals surface area contributed by atoms with Crippen molar-refractivity contribution in [2.24, 2.45) is 11.8 Å². The Morgan fingerprint density at radius 1 is 1.16 bits per heavy atom. The van der Waals surface area contributed by atoms with Crippen molar-refractivity contribution in [2.75, 3.05) is 13.1 Å². The number of rotatable bonds is 4. The van der Waals surface area contributed by atoms with Crippen LogP contribution in [-0.2, 0) is 0 Å². The summed E-state index contributed by atoms with van der Waals surface area (Å²) in [6.45, 7) is 3.76. The van der Waals surface area contributed by atoms with Gasteiger partial charge >= 0.3 is 6.03 Å². The van der Waals surface area contributed by atoms with Crippen LogP contribution < -0.4 is 5.32 Å². The molecule has 2 atom stereocenters. The monoisotopic (exact) mass is 422 g/mol. The highest BCUT2D eigenvalue weighted by atomic mass is 16.3. The molecule has 3 aliphatic rings. The van der Waals surface area contributed by atoms with E-state index >= 15 is 0 Å². The van der Waals surface area contributed by atoms with E-state index in [1.165, 1.54) is 24.0 Å². The Hall–Kier alpha value is -2.34. The van der Waals surface area contributed by atoms with Crippen LogP contribution in [0.25, 0.3) is 11.3 Å². The van der Waals surface area contributed by atoms with Crippen molar-refractivity contribution in [3.63, 3.8) is 0 Å². The van der Waals surface area contributed by atoms with Crippen molar-refractivity contribution >= 4 is 6.03 Å². The number of hydrogen-bond acceptors (Lipinski definition) is 3. The summed E-state index contributed by atoms with van der Waals surface area (Å²) >= 11 is 0. The average molecular weight is 423 g/mol. The summed E-state index contributed by atoms with van der Waals surface area (Å²) in [7, 11) is 0. The fourth-order valence-electron chi connectivity index (χ4n) is 5.75. The Kier molecular flexibility index (Phi) is 5.74. The zero-order valence-corrected chi connectivity index (χ0v) is 18.4. The zero-order chi connectivity index (χ0) is 21.4. The molecule has 5 rings (SSSR count). The molecule has 6 nitrogen and oxygen atoms in total. The molecule has 3 heterocycles. The van der Waals surface area contributed by atoms with Gasteiger partial charge in [-0.25, -0.2) is 9.78 Å². The van der Waals surface area contributed by atoms with Crippen molar-refractivity contribution in [1.29, 1.82) is 0 Å². The second-order valence-corrected chi connectivity index (χ2v) is 9.82. The van der Waals surface area contributed by atoms with Gasteiger partial charge in [-0.15, -0.1) is 0 Å². The number of nitrogens with zero attached hydrogens (tertiary/aromatic N) is 3. The first kappa shape index (κ1) is 20.6. The highest BCUT2D eigenvalue weighted by Gasteiger charge is 2.34. The Balaban J connectivity index is 1.15. The van der Waals surface area contributed by atoms with Crippen LogP contribution in [0.1, 0.15) is 63.5 Å². The number of fused-ring (bicyclic) bond motifs is 3. The van der Waals surface area contributed by atoms with Crippen molar-refractivity contribution in [3.05, 3.63) is 42.4 Å². The number of hydrogen-bond donors (Lipinski definition) is 2. The molecule has 2 aliphatic heterocycles. The van der Waals surface area contributed by atoms with Crippen molar-refractivity contribution < 1.29 is 9.90 Å². The third-order valence-electron chi connectivity index (χ3n) is 7.78. The molecule has 1 aliphatic carbocycles. The molecule has 6 heteroatoms. The molecule has 2 aromatic rings. The predicted molar refractivity (Wildman–Crippen MR) is 121 cm³/mol. The largest absolute Gasteiger partial charge is 0.393 e. The Bertz CT molecular complexity index is 910. The Labute approximate surface area is 184 Å². The molecule has 2 fully saturated rings. The molecule has 166 valence electrons. The summed E-state index contributed by atoms with van der Waals surface area (Å²) in [5.41, 5.74) is 3.63. The maximum Gasteiger partial charge on any atom is 0.317 e. The van der Waals surface area contributed by atoms with Gasteiger partial charge in [0.05, 0.1) is 30.4 Å². The molecule has 1 saturated carbocycles. The lowest BCUT2D eigenvalue weighted by atomic mass is 9.86. The van der Waals surface area contributed by atoms with Gasteiger partial charge in [-0.2, -0.15) is 0 Å². The molecule has 1 aromatic carbocycles. The van der Waals surface area contributed by atoms with Crippen LogP contribution >= 0.6 is 0 Å². The Morgan fingerprint density at radius 2 is 1.90 bits per heavy atom. The number of nitrogens with one attached hydrogen (secondary N) is 1. The first-order chi connectivity index (χ1) is 15.1. The van der Waals surface area contributed by atoms with Gasteiger partial charge in [0.1, 0.15) is 0 Å². The quantitative estimate of drug-likeness (QED) is 0.776. The summed E-state index contributed by atoms with van der Waals surface area (Å²) in [4.78, 5) is 19.0. The normalized spacial score (nSPS) is 26.9. The number of likely N-dealkylation sites (tertiary alicyclic amines) is 1. The predicted octanol–water partition coefficient (Wildman–Crippen LogP) is 4.20. The average Bonchev–Trinajstić information content (AvgIpc) is 3.38. The molecule has 0 spiro atoms. The number of piperidine rings is 1. The van der Waals surface area contributed by atoms with Gasteiger partial charge in [0, 0.05) is 24.7 Å². The third-order valence-corrected chi connectivity index (χ3v) is 7.78. The summed E-state index contributed by atoms with van der Waals surface area (Å²) in [6.07, 6.45) is 10.4. The van der Waals surface area contributed by atoms with E-state index in [-0.39, 0.29) is 24.1 Å². The van der Waals surface area contributed by atoms with Crippen LogP contribution in [0, 0.1) is 11.8 Å². The highest BCUT2D eigenvalue weighted by molar-refractivity contribution is 5.74. The van der Waals surface area contributed by atoms with Crippen LogP contribution in [0.2, 0.25) is 0 Å². The van der Waals surface area contributed by atoms with Crippen LogP contribution in [0.4, 0.5) is 4.79 Å². The van der Waals surface area contributed by atoms with E-state index in [4.69, 9.17) is 0 Å². The number of imidazole rings is 1. The minimum absolute atomic E-state index is 0.0836. The van der Waals surface area contributed by atoms with E-state index in [0.29, 0.717) is 12.5 Å². The molecule has 31 heavy (non-hydrogen) atoms. The number of urea groups is 1. The molecule has 2 N–H and O–H groups in total. The van der Waals surface area contributed by atoms with Crippen LogP contribution in [0.15, 0.2) is 36.8 Å². The van der Waals surface area contributed by atoms with Crippen LogP contribution in [-0.4, -0.2) is 50.8 Å². The van der Waals surface area contributed by atoms with Gasteiger partial charge in [0.2, 0.25) is 0 Å². The van der Waals surface area contributed by atoms with Crippen LogP contribution in [0.3, 0.4) is 0 Å². The molecule has 1 saturated heterocycles. The number of benzene rings is 1. The molecular weight excluding hydrogens is 388 g/mol. The number of aliphatic hydroxyl groups excluding tert-OH is 1. The second-order valence-electron chi connectivity index (χ2n) is 9.82. The van der Waals surface area contributed by atoms with E-state index in [1.807, 2.05) is 17.4 Å². The molecule has 2 amide bonds. The third kappa shape index (κ3) is 4.10. The van der Waals surface area contributed by atoms with Crippen molar-refractivity contribution in [3.8, 4) is 11.3 Å². The lowest BCUT2D eigenvalue weighted by Crippen LogP contribution is -2.49. The van der Waals surface area contributed by atoms with Gasteiger partial charge in [-0.1, -0.05) is 31.2 Å². The summed E-state index contributed by atoms with van der Waals surface area (Å²) in [5, 5.41) is 14.3. The van der Waals surface area contributed by atoms with Crippen molar-refractivity contribution in [1.82, 2.24) is 19.8 Å². The minimum atomic E-state index is -0.378. The molecule has 2 unspecified atom stereocenters. The van der Waals surface area contributed by atoms with Gasteiger partial charge in [-0.3, -0.25) is 0 Å². The van der Waals surface area contributed by atoms with E-state index < -0.39 is 0 Å². The maximum absolute atomic E-state index is 12.7. The van der Waals surface area contributed by atoms with Gasteiger partial charge in [0.25, 0.3) is 0 Å². The summed E-state index contributed by atoms with van der Waals surface area (Å²) in [5.74, 6) is 1.02. The smallest absolute Gasteiger partial charge is 0.317 e. The SMILES string of the molecule is CC1CCC(NC(=O)N2CCC(C(O)CC3c4ccccc4-c4cncn43)CC2)CC1. The molecular formula is C25H34N4O2. The van der Waals surface area contributed by atoms with E-state index in [0.717, 1.165) is 50.4 Å². The lowest BCUT2D eigenvalue weighted by Gasteiger charge is -2.36. The lowest BCUT2D eigenvalue weighted by molar-refractivity contribution is 0.0533. The minimum Gasteiger partial charge on any atom is -0.393 e. The highest BCUT2D eigenvalue weighted by Crippen LogP contribution is 2.42. The van der Waals surface area contributed by atoms with Gasteiger partial charge in [-0.05, 0) is 62.3 Å². The standard InChI is InChI=1S/C25H34N4O2/c1-17-6-8-19(9-7-17)27-25(31)28-12-10-18(11-13-28)24(30)14-22-20-4-2-3-5-21(20)23-15-26-16-29(22)23/h2-5,15-19,22,24,30H,6-14H2,1H3,(H,27,31). The fraction of sp³-hybridized carbons (Fsp3) is 0.600. The van der Waals surface area contributed by atoms with Gasteiger partial charge < -0.3 is 19.9 Å². The first-order valence-corrected chi connectivity index (χ1v) is 11.9. The zero-order valence-electron chi connectivity index (χ0n) is 18.4. The molecule has 1 aromatic heterocycles. The maximum atomic E-state index is 12.7. The van der Waals surface area contributed by atoms with E-state index in [9.17, 15) is 9.90 Å². The molecule has 0 bridgehead atoms. The van der Waals surface area contributed by atoms with E-state index in [2.05, 4.69) is 46.1 Å². The van der Waals surface area contributed by atoms with Gasteiger partial charge in [0.15, 0.2) is 0 Å². The first-order valence-electron chi connectivity index (χ1n) is 11.9. The Morgan fingerprint density at radius 3 is 2.68 bits per heavy atom. The summed E-state index contributed by atoms with van der Waals surface area (Å²) in [6, 6.07) is 8.99. The number of carbonyl (C=O) groups excluding carboxylic acids is 1. The molecule has 0 radical (unpaired) electrons. The number of carbonyl (C=O) groups is 1. The van der Waals surface area contributed by atoms with Crippen LogP contribution in [0.5, 0.6) is 0 Å². The second kappa shape index (κ2) is 8.65. The number of amides is 2. The summed E-state index contributed by atoms with van der Waals surface area (Å²) < 4.78 is 2.20.